The van der Waals surface area contributed by atoms with Crippen LogP contribution in [0.1, 0.15) is 18.1 Å². The van der Waals surface area contributed by atoms with Crippen molar-refractivity contribution in [3.05, 3.63) is 59.7 Å². The lowest BCUT2D eigenvalue weighted by molar-refractivity contribution is 0.301. The summed E-state index contributed by atoms with van der Waals surface area (Å²) in [7, 11) is 0. The van der Waals surface area contributed by atoms with Crippen molar-refractivity contribution >= 4 is 0 Å². The lowest BCUT2D eigenvalue weighted by Crippen LogP contribution is -2.18. The van der Waals surface area contributed by atoms with Crippen LogP contribution in [0.15, 0.2) is 42.7 Å². The number of rotatable bonds is 6. The largest absolute Gasteiger partial charge is 0.490 e. The Morgan fingerprint density at radius 1 is 1.30 bits per heavy atom. The minimum Gasteiger partial charge on any atom is -0.490 e. The fourth-order valence-corrected chi connectivity index (χ4v) is 2.04. The van der Waals surface area contributed by atoms with Gasteiger partial charge in [-0.25, -0.2) is 4.39 Å². The Hall–Kier alpha value is -1.94. The number of nitrogens with zero attached hydrogens (tertiary/aromatic N) is 1. The van der Waals surface area contributed by atoms with Crippen molar-refractivity contribution < 1.29 is 9.13 Å². The monoisotopic (exact) mass is 274 g/mol. The van der Waals surface area contributed by atoms with Gasteiger partial charge in [-0.2, -0.15) is 0 Å². The number of hydrogen-bond donors (Lipinski definition) is 1. The molecule has 1 atom stereocenters. The molecule has 1 aromatic heterocycles. The second-order valence-electron chi connectivity index (χ2n) is 4.87. The predicted molar refractivity (Wildman–Crippen MR) is 77.2 cm³/mol. The number of hydrogen-bond acceptors (Lipinski definition) is 3. The highest BCUT2D eigenvalue weighted by Gasteiger charge is 2.11. The first-order valence-electron chi connectivity index (χ1n) is 6.71. The van der Waals surface area contributed by atoms with Gasteiger partial charge in [0, 0.05) is 24.9 Å². The van der Waals surface area contributed by atoms with Gasteiger partial charge in [-0.3, -0.25) is 4.98 Å². The molecule has 0 aliphatic heterocycles. The molecule has 0 saturated carbocycles. The number of halogens is 1. The topological polar surface area (TPSA) is 48.1 Å². The summed E-state index contributed by atoms with van der Waals surface area (Å²) in [5.74, 6) is -0.0250. The molecule has 4 heteroatoms. The number of ether oxygens (including phenoxy) is 1. The van der Waals surface area contributed by atoms with Gasteiger partial charge in [-0.15, -0.1) is 0 Å². The van der Waals surface area contributed by atoms with Crippen LogP contribution in [0.2, 0.25) is 0 Å². The highest BCUT2D eigenvalue weighted by molar-refractivity contribution is 5.35. The third-order valence-corrected chi connectivity index (χ3v) is 2.95. The van der Waals surface area contributed by atoms with E-state index in [4.69, 9.17) is 10.5 Å². The summed E-state index contributed by atoms with van der Waals surface area (Å²) in [4.78, 5) is 4.04. The van der Waals surface area contributed by atoms with Gasteiger partial charge in [0.15, 0.2) is 11.6 Å². The molecule has 1 heterocycles. The van der Waals surface area contributed by atoms with Gasteiger partial charge in [0.1, 0.15) is 0 Å². The van der Waals surface area contributed by atoms with E-state index in [2.05, 4.69) is 4.98 Å². The van der Waals surface area contributed by atoms with Crippen LogP contribution in [0, 0.1) is 5.82 Å². The second kappa shape index (κ2) is 7.01. The van der Waals surface area contributed by atoms with Crippen LogP contribution in [0.3, 0.4) is 0 Å². The van der Waals surface area contributed by atoms with Gasteiger partial charge in [-0.05, 0) is 36.6 Å². The second-order valence-corrected chi connectivity index (χ2v) is 4.87. The molecule has 0 aliphatic carbocycles. The van der Waals surface area contributed by atoms with E-state index in [0.717, 1.165) is 11.1 Å². The fourth-order valence-electron chi connectivity index (χ4n) is 2.04. The quantitative estimate of drug-likeness (QED) is 0.881. The van der Waals surface area contributed by atoms with Crippen LogP contribution >= 0.6 is 0 Å². The summed E-state index contributed by atoms with van der Waals surface area (Å²) < 4.78 is 19.5. The molecule has 2 N–H and O–H groups in total. The average Bonchev–Trinajstić information content (AvgIpc) is 2.42. The van der Waals surface area contributed by atoms with Crippen LogP contribution < -0.4 is 10.5 Å². The number of pyridine rings is 1. The first-order chi connectivity index (χ1) is 9.66. The zero-order valence-corrected chi connectivity index (χ0v) is 11.6. The first-order valence-corrected chi connectivity index (χ1v) is 6.71. The van der Waals surface area contributed by atoms with E-state index in [1.807, 2.05) is 25.1 Å². The van der Waals surface area contributed by atoms with Gasteiger partial charge < -0.3 is 10.5 Å². The molecule has 0 aliphatic rings. The van der Waals surface area contributed by atoms with Crippen molar-refractivity contribution in [3.8, 4) is 5.75 Å². The summed E-state index contributed by atoms with van der Waals surface area (Å²) in [6.07, 6.45) is 4.80. The standard InChI is InChI=1S/C16H19FN2O/c1-12(18)10-14-5-2-6-15(17)16(14)20-9-7-13-4-3-8-19-11-13/h2-6,8,11-12H,7,9-10,18H2,1H3. The van der Waals surface area contributed by atoms with E-state index in [9.17, 15) is 4.39 Å². The minimum absolute atomic E-state index is 0.0301. The van der Waals surface area contributed by atoms with Crippen LogP contribution in [0.4, 0.5) is 4.39 Å². The third-order valence-electron chi connectivity index (χ3n) is 2.95. The van der Waals surface area contributed by atoms with Crippen LogP contribution in [-0.4, -0.2) is 17.6 Å². The number of para-hydroxylation sites is 1. The van der Waals surface area contributed by atoms with Gasteiger partial charge in [-0.1, -0.05) is 18.2 Å². The molecule has 1 unspecified atom stereocenters. The molecule has 0 saturated heterocycles. The number of aromatic nitrogens is 1. The van der Waals surface area contributed by atoms with E-state index in [0.29, 0.717) is 25.2 Å². The van der Waals surface area contributed by atoms with Gasteiger partial charge in [0.25, 0.3) is 0 Å². The van der Waals surface area contributed by atoms with Crippen molar-refractivity contribution in [2.24, 2.45) is 5.73 Å². The molecule has 0 spiro atoms. The van der Waals surface area contributed by atoms with Crippen molar-refractivity contribution in [3.63, 3.8) is 0 Å². The SMILES string of the molecule is CC(N)Cc1cccc(F)c1OCCc1cccnc1. The van der Waals surface area contributed by atoms with Gasteiger partial charge >= 0.3 is 0 Å². The Balaban J connectivity index is 2.01. The molecule has 0 fully saturated rings. The van der Waals surface area contributed by atoms with E-state index >= 15 is 0 Å². The van der Waals surface area contributed by atoms with E-state index < -0.39 is 0 Å². The summed E-state index contributed by atoms with van der Waals surface area (Å²) in [5, 5.41) is 0. The lowest BCUT2D eigenvalue weighted by atomic mass is 10.1. The van der Waals surface area contributed by atoms with E-state index in [-0.39, 0.29) is 11.9 Å². The molecule has 106 valence electrons. The van der Waals surface area contributed by atoms with Crippen LogP contribution in [0.25, 0.3) is 0 Å². The Morgan fingerprint density at radius 3 is 2.85 bits per heavy atom. The molecule has 2 aromatic rings. The zero-order valence-electron chi connectivity index (χ0n) is 11.6. The van der Waals surface area contributed by atoms with Gasteiger partial charge in [0.05, 0.1) is 6.61 Å². The lowest BCUT2D eigenvalue weighted by Gasteiger charge is -2.13. The maximum Gasteiger partial charge on any atom is 0.165 e. The molecular weight excluding hydrogens is 255 g/mol. The minimum atomic E-state index is -0.339. The average molecular weight is 274 g/mol. The van der Waals surface area contributed by atoms with E-state index in [1.165, 1.54) is 6.07 Å². The van der Waals surface area contributed by atoms with Crippen molar-refractivity contribution in [1.29, 1.82) is 0 Å². The number of nitrogens with two attached hydrogens (primary N) is 1. The molecule has 2 rings (SSSR count). The van der Waals surface area contributed by atoms with Crippen LogP contribution in [-0.2, 0) is 12.8 Å². The molecule has 1 aromatic carbocycles. The third kappa shape index (κ3) is 4.03. The molecule has 3 nitrogen and oxygen atoms in total. The predicted octanol–water partition coefficient (Wildman–Crippen LogP) is 2.73. The molecular formula is C16H19FN2O. The van der Waals surface area contributed by atoms with Crippen molar-refractivity contribution in [1.82, 2.24) is 4.98 Å². The summed E-state index contributed by atoms with van der Waals surface area (Å²) in [5.41, 5.74) is 7.66. The van der Waals surface area contributed by atoms with Gasteiger partial charge in [0.2, 0.25) is 0 Å². The Labute approximate surface area is 118 Å². The van der Waals surface area contributed by atoms with E-state index in [1.54, 1.807) is 18.5 Å². The van der Waals surface area contributed by atoms with Crippen molar-refractivity contribution in [2.75, 3.05) is 6.61 Å². The number of benzene rings is 1. The Morgan fingerprint density at radius 2 is 2.15 bits per heavy atom. The molecule has 0 radical (unpaired) electrons. The van der Waals surface area contributed by atoms with Crippen molar-refractivity contribution in [2.45, 2.75) is 25.8 Å². The zero-order chi connectivity index (χ0) is 14.4. The first kappa shape index (κ1) is 14.5. The highest BCUT2D eigenvalue weighted by atomic mass is 19.1. The van der Waals surface area contributed by atoms with Crippen LogP contribution in [0.5, 0.6) is 5.75 Å². The highest BCUT2D eigenvalue weighted by Crippen LogP contribution is 2.24. The summed E-state index contributed by atoms with van der Waals surface area (Å²) in [6.45, 7) is 2.31. The normalized spacial score (nSPS) is 12.2. The summed E-state index contributed by atoms with van der Waals surface area (Å²) in [6, 6.07) is 8.76. The fraction of sp³-hybridized carbons (Fsp3) is 0.312. The molecule has 0 amide bonds. The Kier molecular flexibility index (Phi) is 5.07. The molecule has 20 heavy (non-hydrogen) atoms. The Bertz CT molecular complexity index is 543. The maximum absolute atomic E-state index is 13.8. The summed E-state index contributed by atoms with van der Waals surface area (Å²) >= 11 is 0. The maximum atomic E-state index is 13.8. The molecule has 0 bridgehead atoms. The smallest absolute Gasteiger partial charge is 0.165 e.